The minimum Gasteiger partial charge on any atom is -0.292 e. The summed E-state index contributed by atoms with van der Waals surface area (Å²) >= 11 is 0. The van der Waals surface area contributed by atoms with Gasteiger partial charge in [0, 0.05) is 13.1 Å². The van der Waals surface area contributed by atoms with E-state index in [2.05, 4.69) is 29.2 Å². The zero-order chi connectivity index (χ0) is 14.0. The van der Waals surface area contributed by atoms with Crippen LogP contribution in [0.5, 0.6) is 0 Å². The van der Waals surface area contributed by atoms with Crippen LogP contribution in [0.2, 0.25) is 0 Å². The molecule has 1 aliphatic rings. The summed E-state index contributed by atoms with van der Waals surface area (Å²) < 4.78 is 26.5. The maximum Gasteiger partial charge on any atom is 0.246 e. The lowest BCUT2D eigenvalue weighted by molar-refractivity contribution is 0.222. The van der Waals surface area contributed by atoms with Gasteiger partial charge in [0.15, 0.2) is 0 Å². The Balaban J connectivity index is 2.25. The third-order valence-electron chi connectivity index (χ3n) is 3.23. The van der Waals surface area contributed by atoms with Crippen molar-refractivity contribution in [2.45, 2.75) is 25.2 Å². The van der Waals surface area contributed by atoms with Crippen molar-refractivity contribution in [3.63, 3.8) is 0 Å². The van der Waals surface area contributed by atoms with Gasteiger partial charge < -0.3 is 0 Å². The summed E-state index contributed by atoms with van der Waals surface area (Å²) in [6, 6.07) is 0. The second-order valence-electron chi connectivity index (χ2n) is 5.15. The summed E-state index contributed by atoms with van der Waals surface area (Å²) in [6.07, 6.45) is 3.61. The van der Waals surface area contributed by atoms with Crippen LogP contribution in [-0.4, -0.2) is 35.8 Å². The van der Waals surface area contributed by atoms with E-state index in [0.717, 1.165) is 6.42 Å². The molecule has 1 aromatic rings. The van der Waals surface area contributed by atoms with Crippen LogP contribution in [0.25, 0.3) is 0 Å². The zero-order valence-electron chi connectivity index (χ0n) is 11.1. The van der Waals surface area contributed by atoms with Crippen molar-refractivity contribution in [1.29, 1.82) is 0 Å². The molecule has 1 aliphatic heterocycles. The van der Waals surface area contributed by atoms with Crippen LogP contribution in [0.4, 0.5) is 5.95 Å². The number of aromatic nitrogens is 2. The molecule has 8 heteroatoms. The average molecular weight is 285 g/mol. The summed E-state index contributed by atoms with van der Waals surface area (Å²) in [7, 11) is -3.51. The van der Waals surface area contributed by atoms with E-state index >= 15 is 0 Å². The number of anilines is 1. The molecule has 0 aliphatic carbocycles. The van der Waals surface area contributed by atoms with Gasteiger partial charge in [0.05, 0.1) is 12.4 Å². The molecule has 0 spiro atoms. The van der Waals surface area contributed by atoms with Crippen LogP contribution >= 0.6 is 0 Å². The van der Waals surface area contributed by atoms with Crippen LogP contribution in [0.3, 0.4) is 0 Å². The first-order chi connectivity index (χ1) is 8.93. The lowest BCUT2D eigenvalue weighted by atomic mass is 9.94. The second-order valence-corrected chi connectivity index (χ2v) is 7.09. The first-order valence-electron chi connectivity index (χ1n) is 6.22. The Morgan fingerprint density at radius 2 is 1.79 bits per heavy atom. The first-order valence-corrected chi connectivity index (χ1v) is 7.66. The summed E-state index contributed by atoms with van der Waals surface area (Å²) in [5.41, 5.74) is 2.27. The fraction of sp³-hybridized carbons (Fsp3) is 0.636. The van der Waals surface area contributed by atoms with E-state index in [1.165, 1.54) is 16.7 Å². The molecule has 0 radical (unpaired) electrons. The smallest absolute Gasteiger partial charge is 0.246 e. The molecule has 19 heavy (non-hydrogen) atoms. The van der Waals surface area contributed by atoms with Crippen LogP contribution in [-0.2, 0) is 10.0 Å². The van der Waals surface area contributed by atoms with E-state index in [0.29, 0.717) is 24.9 Å². The number of hydrazine groups is 1. The number of rotatable bonds is 3. The second kappa shape index (κ2) is 5.40. The van der Waals surface area contributed by atoms with Gasteiger partial charge in [0.25, 0.3) is 0 Å². The third kappa shape index (κ3) is 3.02. The van der Waals surface area contributed by atoms with Crippen molar-refractivity contribution in [1.82, 2.24) is 14.3 Å². The topological polar surface area (TPSA) is 101 Å². The van der Waals surface area contributed by atoms with Gasteiger partial charge in [0.1, 0.15) is 4.90 Å². The highest BCUT2D eigenvalue weighted by atomic mass is 32.2. The summed E-state index contributed by atoms with van der Waals surface area (Å²) in [5.74, 6) is 6.08. The van der Waals surface area contributed by atoms with E-state index < -0.39 is 10.0 Å². The number of nitrogens with two attached hydrogens (primary N) is 1. The molecule has 1 aromatic heterocycles. The molecule has 2 rings (SSSR count). The molecular formula is C11H19N5O2S. The Bertz CT molecular complexity index is 521. The monoisotopic (exact) mass is 285 g/mol. The Hall–Kier alpha value is -1.25. The van der Waals surface area contributed by atoms with Crippen molar-refractivity contribution < 1.29 is 8.42 Å². The van der Waals surface area contributed by atoms with E-state index in [-0.39, 0.29) is 10.8 Å². The number of nitrogens with one attached hydrogen (secondary N) is 1. The van der Waals surface area contributed by atoms with Crippen LogP contribution in [0.1, 0.15) is 20.3 Å². The Morgan fingerprint density at radius 3 is 2.26 bits per heavy atom. The Morgan fingerprint density at radius 1 is 1.26 bits per heavy atom. The third-order valence-corrected chi connectivity index (χ3v) is 5.01. The Kier molecular flexibility index (Phi) is 4.02. The van der Waals surface area contributed by atoms with Crippen molar-refractivity contribution >= 4 is 16.0 Å². The molecule has 2 atom stereocenters. The fourth-order valence-corrected chi connectivity index (χ4v) is 4.05. The summed E-state index contributed by atoms with van der Waals surface area (Å²) in [5, 5.41) is 0. The molecule has 0 amide bonds. The van der Waals surface area contributed by atoms with Gasteiger partial charge >= 0.3 is 0 Å². The molecule has 2 heterocycles. The van der Waals surface area contributed by atoms with Gasteiger partial charge in [-0.05, 0) is 18.3 Å². The van der Waals surface area contributed by atoms with Crippen molar-refractivity contribution in [3.8, 4) is 0 Å². The normalized spacial score (nSPS) is 25.2. The summed E-state index contributed by atoms with van der Waals surface area (Å²) in [6.45, 7) is 5.22. The van der Waals surface area contributed by atoms with Crippen molar-refractivity contribution in [2.75, 3.05) is 18.5 Å². The molecule has 0 saturated carbocycles. The number of hydrogen-bond acceptors (Lipinski definition) is 6. The maximum atomic E-state index is 12.5. The van der Waals surface area contributed by atoms with Crippen LogP contribution < -0.4 is 11.3 Å². The molecule has 0 bridgehead atoms. The minimum absolute atomic E-state index is 0.104. The number of nitrogen functional groups attached to an aromatic ring is 1. The van der Waals surface area contributed by atoms with Crippen molar-refractivity contribution in [2.24, 2.45) is 17.7 Å². The average Bonchev–Trinajstić information content (AvgIpc) is 2.37. The van der Waals surface area contributed by atoms with Crippen LogP contribution in [0, 0.1) is 11.8 Å². The lowest BCUT2D eigenvalue weighted by Crippen LogP contribution is -2.42. The van der Waals surface area contributed by atoms with Gasteiger partial charge in [-0.3, -0.25) is 5.43 Å². The van der Waals surface area contributed by atoms with Gasteiger partial charge in [0.2, 0.25) is 16.0 Å². The zero-order valence-corrected chi connectivity index (χ0v) is 11.9. The van der Waals surface area contributed by atoms with E-state index in [4.69, 9.17) is 5.84 Å². The standard InChI is InChI=1S/C11H19N5O2S/c1-8-3-9(2)7-16(6-8)19(17,18)10-4-13-11(15-12)14-5-10/h4-5,8-9H,3,6-7,12H2,1-2H3,(H,13,14,15). The molecule has 0 aromatic carbocycles. The first kappa shape index (κ1) is 14.2. The number of sulfonamides is 1. The Labute approximate surface area is 113 Å². The molecule has 7 nitrogen and oxygen atoms in total. The highest BCUT2D eigenvalue weighted by molar-refractivity contribution is 7.89. The summed E-state index contributed by atoms with van der Waals surface area (Å²) in [4.78, 5) is 7.79. The number of piperidine rings is 1. The molecule has 3 N–H and O–H groups in total. The van der Waals surface area contributed by atoms with Gasteiger partial charge in [-0.1, -0.05) is 13.8 Å². The molecule has 1 fully saturated rings. The highest BCUT2D eigenvalue weighted by Crippen LogP contribution is 2.26. The van der Waals surface area contributed by atoms with Crippen molar-refractivity contribution in [3.05, 3.63) is 12.4 Å². The molecule has 2 unspecified atom stereocenters. The highest BCUT2D eigenvalue weighted by Gasteiger charge is 2.32. The molecule has 1 saturated heterocycles. The maximum absolute atomic E-state index is 12.5. The SMILES string of the molecule is CC1CC(C)CN(S(=O)(=O)c2cnc(NN)nc2)C1. The number of nitrogens with zero attached hydrogens (tertiary/aromatic N) is 3. The van der Waals surface area contributed by atoms with Crippen LogP contribution in [0.15, 0.2) is 17.3 Å². The fourth-order valence-electron chi connectivity index (χ4n) is 2.48. The van der Waals surface area contributed by atoms with E-state index in [1.807, 2.05) is 0 Å². The van der Waals surface area contributed by atoms with Gasteiger partial charge in [-0.15, -0.1) is 0 Å². The number of hydrogen-bond donors (Lipinski definition) is 2. The minimum atomic E-state index is -3.51. The quantitative estimate of drug-likeness (QED) is 0.617. The predicted molar refractivity (Wildman–Crippen MR) is 71.5 cm³/mol. The molecular weight excluding hydrogens is 266 g/mol. The lowest BCUT2D eigenvalue weighted by Gasteiger charge is -2.33. The van der Waals surface area contributed by atoms with Gasteiger partial charge in [-0.2, -0.15) is 4.31 Å². The largest absolute Gasteiger partial charge is 0.292 e. The molecule has 106 valence electrons. The predicted octanol–water partition coefficient (Wildman–Crippen LogP) is 0.429. The van der Waals surface area contributed by atoms with E-state index in [9.17, 15) is 8.42 Å². The van der Waals surface area contributed by atoms with Gasteiger partial charge in [-0.25, -0.2) is 24.2 Å². The van der Waals surface area contributed by atoms with E-state index in [1.54, 1.807) is 0 Å².